The minimum absolute atomic E-state index is 0.0301. The zero-order chi connectivity index (χ0) is 19.5. The van der Waals surface area contributed by atoms with E-state index in [1.807, 2.05) is 47.4 Å². The van der Waals surface area contributed by atoms with E-state index >= 15 is 0 Å². The number of aromatic nitrogens is 1. The number of carbonyl (C=O) groups is 1. The van der Waals surface area contributed by atoms with Crippen LogP contribution < -0.4 is 15.0 Å². The van der Waals surface area contributed by atoms with Gasteiger partial charge in [-0.15, -0.1) is 0 Å². The van der Waals surface area contributed by atoms with Crippen LogP contribution in [0.4, 0.5) is 9.93 Å². The summed E-state index contributed by atoms with van der Waals surface area (Å²) in [6, 6.07) is 13.6. The average Bonchev–Trinajstić information content (AvgIpc) is 3.20. The Bertz CT molecular complexity index is 971. The number of benzene rings is 2. The molecule has 8 heteroatoms. The van der Waals surface area contributed by atoms with Crippen LogP contribution in [-0.2, 0) is 6.54 Å². The summed E-state index contributed by atoms with van der Waals surface area (Å²) in [5.74, 6) is 0.723. The van der Waals surface area contributed by atoms with Crippen LogP contribution in [0.2, 0.25) is 5.02 Å². The summed E-state index contributed by atoms with van der Waals surface area (Å²) in [6.07, 6.45) is 0. The number of urea groups is 1. The van der Waals surface area contributed by atoms with Crippen LogP contribution in [-0.4, -0.2) is 49.2 Å². The molecule has 0 saturated carbocycles. The number of nitrogens with zero attached hydrogens (tertiary/aromatic N) is 3. The Kier molecular flexibility index (Phi) is 5.54. The highest BCUT2D eigenvalue weighted by Crippen LogP contribution is 2.38. The Morgan fingerprint density at radius 1 is 1.18 bits per heavy atom. The van der Waals surface area contributed by atoms with E-state index in [-0.39, 0.29) is 6.03 Å². The third-order valence-electron chi connectivity index (χ3n) is 4.79. The molecule has 0 aliphatic carbocycles. The van der Waals surface area contributed by atoms with Crippen molar-refractivity contribution < 1.29 is 9.53 Å². The lowest BCUT2D eigenvalue weighted by Gasteiger charge is -2.34. The molecule has 0 atom stereocenters. The molecule has 2 amide bonds. The van der Waals surface area contributed by atoms with Gasteiger partial charge in [-0.05, 0) is 17.7 Å². The quantitative estimate of drug-likeness (QED) is 0.698. The van der Waals surface area contributed by atoms with E-state index in [0.29, 0.717) is 24.7 Å². The van der Waals surface area contributed by atoms with Gasteiger partial charge in [0.2, 0.25) is 0 Å². The summed E-state index contributed by atoms with van der Waals surface area (Å²) in [4.78, 5) is 21.2. The molecule has 0 unspecified atom stereocenters. The first-order valence-electron chi connectivity index (χ1n) is 9.10. The number of piperazine rings is 1. The monoisotopic (exact) mass is 416 g/mol. The Balaban J connectivity index is 1.38. The van der Waals surface area contributed by atoms with Gasteiger partial charge in [0.05, 0.1) is 16.8 Å². The molecule has 1 fully saturated rings. The Labute approximate surface area is 172 Å². The SMILES string of the molecule is COc1ccc(Cl)c2sc(N3CCN(C(=O)NCc4ccccc4)CC3)nc12. The number of fused-ring (bicyclic) bond motifs is 1. The molecule has 1 aromatic heterocycles. The number of carbonyl (C=O) groups excluding carboxylic acids is 1. The first-order valence-corrected chi connectivity index (χ1v) is 10.3. The van der Waals surface area contributed by atoms with Crippen LogP contribution in [0.5, 0.6) is 5.75 Å². The highest BCUT2D eigenvalue weighted by Gasteiger charge is 2.24. The number of amides is 2. The number of rotatable bonds is 4. The van der Waals surface area contributed by atoms with Crippen molar-refractivity contribution in [2.45, 2.75) is 6.54 Å². The Morgan fingerprint density at radius 3 is 2.64 bits per heavy atom. The zero-order valence-electron chi connectivity index (χ0n) is 15.5. The second-order valence-corrected chi connectivity index (χ2v) is 7.93. The molecule has 6 nitrogen and oxygen atoms in total. The van der Waals surface area contributed by atoms with Crippen LogP contribution in [0.1, 0.15) is 5.56 Å². The van der Waals surface area contributed by atoms with Crippen molar-refractivity contribution in [3.63, 3.8) is 0 Å². The van der Waals surface area contributed by atoms with E-state index in [2.05, 4.69) is 10.2 Å². The molecule has 146 valence electrons. The molecule has 0 spiro atoms. The fourth-order valence-corrected chi connectivity index (χ4v) is 4.54. The van der Waals surface area contributed by atoms with Crippen molar-refractivity contribution in [2.75, 3.05) is 38.2 Å². The van der Waals surface area contributed by atoms with Gasteiger partial charge in [-0.2, -0.15) is 0 Å². The Morgan fingerprint density at radius 2 is 1.93 bits per heavy atom. The van der Waals surface area contributed by atoms with Gasteiger partial charge in [-0.1, -0.05) is 53.3 Å². The standard InChI is InChI=1S/C20H21ClN4O2S/c1-27-16-8-7-15(21)18-17(16)23-20(28-18)25-11-9-24(10-12-25)19(26)22-13-14-5-3-2-4-6-14/h2-8H,9-13H2,1H3,(H,22,26). The molecule has 28 heavy (non-hydrogen) atoms. The Hall–Kier alpha value is -2.51. The number of anilines is 1. The lowest BCUT2D eigenvalue weighted by Crippen LogP contribution is -2.51. The molecule has 0 radical (unpaired) electrons. The van der Waals surface area contributed by atoms with E-state index in [9.17, 15) is 4.79 Å². The van der Waals surface area contributed by atoms with Crippen molar-refractivity contribution in [1.82, 2.24) is 15.2 Å². The summed E-state index contributed by atoms with van der Waals surface area (Å²) in [6.45, 7) is 3.32. The summed E-state index contributed by atoms with van der Waals surface area (Å²) >= 11 is 7.88. The highest BCUT2D eigenvalue weighted by molar-refractivity contribution is 7.22. The lowest BCUT2D eigenvalue weighted by molar-refractivity contribution is 0.194. The topological polar surface area (TPSA) is 57.7 Å². The molecule has 0 bridgehead atoms. The van der Waals surface area contributed by atoms with E-state index in [4.69, 9.17) is 21.3 Å². The highest BCUT2D eigenvalue weighted by atomic mass is 35.5. The van der Waals surface area contributed by atoms with Gasteiger partial charge in [0.25, 0.3) is 0 Å². The summed E-state index contributed by atoms with van der Waals surface area (Å²) < 4.78 is 6.33. The van der Waals surface area contributed by atoms with E-state index in [0.717, 1.165) is 39.8 Å². The fourth-order valence-electron chi connectivity index (χ4n) is 3.23. The third kappa shape index (κ3) is 3.86. The molecule has 1 aliphatic rings. The molecular formula is C20H21ClN4O2S. The summed E-state index contributed by atoms with van der Waals surface area (Å²) in [7, 11) is 1.63. The van der Waals surface area contributed by atoms with Crippen LogP contribution in [0.25, 0.3) is 10.2 Å². The maximum atomic E-state index is 12.4. The first kappa shape index (κ1) is 18.8. The molecule has 2 aromatic carbocycles. The van der Waals surface area contributed by atoms with Crippen molar-refractivity contribution >= 4 is 44.3 Å². The number of thiazole rings is 1. The minimum Gasteiger partial charge on any atom is -0.494 e. The van der Waals surface area contributed by atoms with Crippen LogP contribution in [0.3, 0.4) is 0 Å². The third-order valence-corrected chi connectivity index (χ3v) is 6.37. The van der Waals surface area contributed by atoms with Crippen molar-refractivity contribution in [3.8, 4) is 5.75 Å². The second-order valence-electron chi connectivity index (χ2n) is 6.54. The maximum Gasteiger partial charge on any atom is 0.317 e. The number of methoxy groups -OCH3 is 1. The van der Waals surface area contributed by atoms with Gasteiger partial charge in [0.1, 0.15) is 11.3 Å². The molecule has 1 N–H and O–H groups in total. The van der Waals surface area contributed by atoms with Crippen LogP contribution in [0.15, 0.2) is 42.5 Å². The smallest absolute Gasteiger partial charge is 0.317 e. The number of hydrogen-bond donors (Lipinski definition) is 1. The van der Waals surface area contributed by atoms with Gasteiger partial charge < -0.3 is 19.9 Å². The number of nitrogens with one attached hydrogen (secondary N) is 1. The largest absolute Gasteiger partial charge is 0.494 e. The number of halogens is 1. The van der Waals surface area contributed by atoms with Crippen LogP contribution >= 0.6 is 22.9 Å². The molecule has 3 aromatic rings. The van der Waals surface area contributed by atoms with Gasteiger partial charge in [0, 0.05) is 32.7 Å². The summed E-state index contributed by atoms with van der Waals surface area (Å²) in [5.41, 5.74) is 1.88. The van der Waals surface area contributed by atoms with Crippen LogP contribution in [0, 0.1) is 0 Å². The maximum absolute atomic E-state index is 12.4. The summed E-state index contributed by atoms with van der Waals surface area (Å²) in [5, 5.41) is 4.58. The van der Waals surface area contributed by atoms with Gasteiger partial charge >= 0.3 is 6.03 Å². The zero-order valence-corrected chi connectivity index (χ0v) is 17.1. The fraction of sp³-hybridized carbons (Fsp3) is 0.300. The normalized spacial score (nSPS) is 14.4. The van der Waals surface area contributed by atoms with Gasteiger partial charge in [-0.25, -0.2) is 9.78 Å². The van der Waals surface area contributed by atoms with Crippen molar-refractivity contribution in [2.24, 2.45) is 0 Å². The number of ether oxygens (including phenoxy) is 1. The second kappa shape index (κ2) is 8.24. The molecular weight excluding hydrogens is 396 g/mol. The molecule has 4 rings (SSSR count). The predicted octanol–water partition coefficient (Wildman–Crippen LogP) is 3.99. The average molecular weight is 417 g/mol. The molecule has 1 saturated heterocycles. The van der Waals surface area contributed by atoms with E-state index in [1.54, 1.807) is 18.4 Å². The van der Waals surface area contributed by atoms with E-state index < -0.39 is 0 Å². The minimum atomic E-state index is -0.0301. The van der Waals surface area contributed by atoms with Crippen molar-refractivity contribution in [3.05, 3.63) is 53.1 Å². The van der Waals surface area contributed by atoms with Crippen molar-refractivity contribution in [1.29, 1.82) is 0 Å². The van der Waals surface area contributed by atoms with Gasteiger partial charge in [-0.3, -0.25) is 0 Å². The first-order chi connectivity index (χ1) is 13.7. The molecule has 2 heterocycles. The lowest BCUT2D eigenvalue weighted by atomic mass is 10.2. The van der Waals surface area contributed by atoms with Gasteiger partial charge in [0.15, 0.2) is 5.13 Å². The number of hydrogen-bond acceptors (Lipinski definition) is 5. The predicted molar refractivity (Wildman–Crippen MR) is 114 cm³/mol. The van der Waals surface area contributed by atoms with E-state index in [1.165, 1.54) is 0 Å². The molecule has 1 aliphatic heterocycles.